The van der Waals surface area contributed by atoms with E-state index in [1.54, 1.807) is 0 Å². The number of aliphatic carboxylic acids is 1. The van der Waals surface area contributed by atoms with Crippen molar-refractivity contribution in [3.63, 3.8) is 0 Å². The molecule has 1 N–H and O–H groups in total. The minimum Gasteiger partial charge on any atom is -0.481 e. The van der Waals surface area contributed by atoms with Crippen LogP contribution in [0, 0.1) is 40.4 Å². The van der Waals surface area contributed by atoms with Gasteiger partial charge in [-0.1, -0.05) is 38.8 Å². The average molecular weight is 392 g/mol. The molecule has 0 aromatic heterocycles. The van der Waals surface area contributed by atoms with Gasteiger partial charge in [-0.15, -0.1) is 0 Å². The average Bonchev–Trinajstić information content (AvgIpc) is 3.32. The summed E-state index contributed by atoms with van der Waals surface area (Å²) in [6.45, 7) is 6.42. The van der Waals surface area contributed by atoms with Crippen molar-refractivity contribution in [1.82, 2.24) is 0 Å². The topological polar surface area (TPSA) is 89.9 Å². The molecule has 0 amide bonds. The van der Waals surface area contributed by atoms with E-state index in [0.717, 1.165) is 24.7 Å². The smallest absolute Gasteiger partial charge is 0.481 e. The lowest BCUT2D eigenvalue weighted by Crippen LogP contribution is -2.53. The standard InChI is InChI=1S/C22H32O6/c1-13(2)18-9-15-10-21(12-23,22(18,11-15)19(24)25)17-6-5-14(3)16(17)7-8-28-20(26)27-4/h9,12-17H,5-8,10-11H2,1-4H3,(H,24,25). The minimum atomic E-state index is -1.09. The molecule has 0 radical (unpaired) electrons. The number of fused-ring (bicyclic) bond motifs is 2. The van der Waals surface area contributed by atoms with E-state index in [9.17, 15) is 19.5 Å². The molecular weight excluding hydrogens is 360 g/mol. The summed E-state index contributed by atoms with van der Waals surface area (Å²) in [7, 11) is 1.27. The zero-order valence-electron chi connectivity index (χ0n) is 17.3. The Kier molecular flexibility index (Phi) is 5.61. The minimum absolute atomic E-state index is 0.00945. The van der Waals surface area contributed by atoms with Gasteiger partial charge < -0.3 is 19.4 Å². The molecule has 0 aromatic carbocycles. The Balaban J connectivity index is 1.94. The van der Waals surface area contributed by atoms with Crippen LogP contribution in [0.4, 0.5) is 4.79 Å². The summed E-state index contributed by atoms with van der Waals surface area (Å²) in [6, 6.07) is 0. The van der Waals surface area contributed by atoms with Crippen LogP contribution in [0.5, 0.6) is 0 Å². The molecule has 3 aliphatic carbocycles. The zero-order chi connectivity index (χ0) is 20.7. The number of methoxy groups -OCH3 is 1. The molecule has 0 saturated heterocycles. The number of carboxylic acid groups (broad SMARTS) is 1. The third kappa shape index (κ3) is 2.87. The van der Waals surface area contributed by atoms with E-state index in [1.165, 1.54) is 7.11 Å². The van der Waals surface area contributed by atoms with Crippen LogP contribution in [-0.2, 0) is 19.1 Å². The second kappa shape index (κ2) is 7.53. The van der Waals surface area contributed by atoms with E-state index < -0.39 is 23.0 Å². The number of hydrogen-bond acceptors (Lipinski definition) is 5. The van der Waals surface area contributed by atoms with Gasteiger partial charge in [0.1, 0.15) is 11.7 Å². The molecule has 6 unspecified atom stereocenters. The second-order valence-electron chi connectivity index (χ2n) is 9.23. The van der Waals surface area contributed by atoms with Gasteiger partial charge in [0.15, 0.2) is 0 Å². The highest BCUT2D eigenvalue weighted by atomic mass is 16.7. The van der Waals surface area contributed by atoms with E-state index in [-0.39, 0.29) is 30.3 Å². The van der Waals surface area contributed by atoms with Crippen LogP contribution in [0.15, 0.2) is 11.6 Å². The molecule has 2 bridgehead atoms. The molecule has 3 rings (SSSR count). The lowest BCUT2D eigenvalue weighted by atomic mass is 9.52. The Morgan fingerprint density at radius 2 is 2.04 bits per heavy atom. The zero-order valence-corrected chi connectivity index (χ0v) is 17.3. The van der Waals surface area contributed by atoms with Crippen molar-refractivity contribution in [2.24, 2.45) is 40.4 Å². The van der Waals surface area contributed by atoms with Crippen molar-refractivity contribution in [3.8, 4) is 0 Å². The van der Waals surface area contributed by atoms with Crippen molar-refractivity contribution in [1.29, 1.82) is 0 Å². The van der Waals surface area contributed by atoms with E-state index in [4.69, 9.17) is 4.74 Å². The molecule has 28 heavy (non-hydrogen) atoms. The predicted molar refractivity (Wildman–Crippen MR) is 103 cm³/mol. The summed E-state index contributed by atoms with van der Waals surface area (Å²) in [6.07, 6.45) is 5.97. The van der Waals surface area contributed by atoms with Crippen LogP contribution in [0.2, 0.25) is 0 Å². The van der Waals surface area contributed by atoms with Crippen molar-refractivity contribution in [3.05, 3.63) is 11.6 Å². The highest BCUT2D eigenvalue weighted by Gasteiger charge is 2.71. The van der Waals surface area contributed by atoms with Crippen molar-refractivity contribution in [2.45, 2.75) is 52.9 Å². The first kappa shape index (κ1) is 20.9. The molecule has 156 valence electrons. The summed E-state index contributed by atoms with van der Waals surface area (Å²) in [5, 5.41) is 10.4. The van der Waals surface area contributed by atoms with E-state index in [2.05, 4.69) is 17.7 Å². The maximum absolute atomic E-state index is 12.7. The molecule has 2 saturated carbocycles. The Bertz CT molecular complexity index is 683. The molecule has 0 aromatic rings. The van der Waals surface area contributed by atoms with Crippen LogP contribution in [0.3, 0.4) is 0 Å². The number of allylic oxidation sites excluding steroid dienone is 1. The molecule has 0 aliphatic heterocycles. The van der Waals surface area contributed by atoms with E-state index in [1.807, 2.05) is 13.8 Å². The van der Waals surface area contributed by atoms with Gasteiger partial charge in [-0.05, 0) is 55.3 Å². The highest BCUT2D eigenvalue weighted by molar-refractivity contribution is 5.88. The SMILES string of the molecule is COC(=O)OCCC1C(C)CCC1C1(C=O)CC2C=C(C(C)C)C1(C(=O)O)C2. The largest absolute Gasteiger partial charge is 0.507 e. The summed E-state index contributed by atoms with van der Waals surface area (Å²) in [4.78, 5) is 36.6. The molecule has 6 nitrogen and oxygen atoms in total. The van der Waals surface area contributed by atoms with Crippen LogP contribution in [0.25, 0.3) is 0 Å². The second-order valence-corrected chi connectivity index (χ2v) is 9.23. The molecule has 2 fully saturated rings. The maximum Gasteiger partial charge on any atom is 0.507 e. The molecule has 0 spiro atoms. The van der Waals surface area contributed by atoms with Crippen LogP contribution >= 0.6 is 0 Å². The van der Waals surface area contributed by atoms with Crippen molar-refractivity contribution in [2.75, 3.05) is 13.7 Å². The van der Waals surface area contributed by atoms with Gasteiger partial charge in [0.25, 0.3) is 0 Å². The first-order valence-corrected chi connectivity index (χ1v) is 10.4. The lowest BCUT2D eigenvalue weighted by molar-refractivity contribution is -0.160. The molecule has 3 aliphatic rings. The fraction of sp³-hybridized carbons (Fsp3) is 0.773. The first-order valence-electron chi connectivity index (χ1n) is 10.4. The van der Waals surface area contributed by atoms with Gasteiger partial charge in [0.05, 0.1) is 13.7 Å². The molecule has 6 atom stereocenters. The van der Waals surface area contributed by atoms with Crippen molar-refractivity contribution < 1.29 is 29.0 Å². The van der Waals surface area contributed by atoms with Gasteiger partial charge in [-0.25, -0.2) is 4.79 Å². The Morgan fingerprint density at radius 3 is 2.61 bits per heavy atom. The maximum atomic E-state index is 12.7. The normalized spacial score (nSPS) is 39.1. The number of aldehydes is 1. The summed E-state index contributed by atoms with van der Waals surface area (Å²) in [5.41, 5.74) is -1.05. The van der Waals surface area contributed by atoms with E-state index >= 15 is 0 Å². The van der Waals surface area contributed by atoms with E-state index in [0.29, 0.717) is 25.2 Å². The number of carbonyl (C=O) groups excluding carboxylic acids is 2. The monoisotopic (exact) mass is 392 g/mol. The summed E-state index contributed by atoms with van der Waals surface area (Å²) >= 11 is 0. The number of ether oxygens (including phenoxy) is 2. The fourth-order valence-corrected chi connectivity index (χ4v) is 6.69. The van der Waals surface area contributed by atoms with Crippen molar-refractivity contribution >= 4 is 18.4 Å². The number of hydrogen-bond donors (Lipinski definition) is 1. The van der Waals surface area contributed by atoms with Gasteiger partial charge in [-0.2, -0.15) is 0 Å². The van der Waals surface area contributed by atoms with Gasteiger partial charge >= 0.3 is 12.1 Å². The molecule has 0 heterocycles. The first-order chi connectivity index (χ1) is 13.2. The molecule has 6 heteroatoms. The Hall–Kier alpha value is -1.85. The van der Waals surface area contributed by atoms with Crippen LogP contribution in [0.1, 0.15) is 52.9 Å². The number of carboxylic acids is 1. The highest BCUT2D eigenvalue weighted by Crippen LogP contribution is 2.70. The van der Waals surface area contributed by atoms with Crippen LogP contribution < -0.4 is 0 Å². The number of rotatable bonds is 7. The number of carbonyl (C=O) groups is 3. The lowest BCUT2D eigenvalue weighted by Gasteiger charge is -2.48. The van der Waals surface area contributed by atoms with Gasteiger partial charge in [0, 0.05) is 5.41 Å². The van der Waals surface area contributed by atoms with Gasteiger partial charge in [-0.3, -0.25) is 4.79 Å². The Morgan fingerprint density at radius 1 is 1.32 bits per heavy atom. The van der Waals surface area contributed by atoms with Crippen LogP contribution in [-0.4, -0.2) is 37.2 Å². The third-order valence-corrected chi connectivity index (χ3v) is 7.75. The van der Waals surface area contributed by atoms with Gasteiger partial charge in [0.2, 0.25) is 0 Å². The summed E-state index contributed by atoms with van der Waals surface area (Å²) < 4.78 is 9.63. The quantitative estimate of drug-likeness (QED) is 0.399. The summed E-state index contributed by atoms with van der Waals surface area (Å²) in [5.74, 6) is -0.103. The Labute approximate surface area is 166 Å². The predicted octanol–water partition coefficient (Wildman–Crippen LogP) is 4.08. The third-order valence-electron chi connectivity index (χ3n) is 7.75. The fourth-order valence-electron chi connectivity index (χ4n) is 6.69. The molecular formula is C22H32O6.